The molecular weight excluding hydrogens is 210 g/mol. The average molecular weight is 223 g/mol. The number of hydrogen-bond donors (Lipinski definition) is 1. The van der Waals surface area contributed by atoms with Crippen LogP contribution in [0.5, 0.6) is 0 Å². The lowest BCUT2D eigenvalue weighted by molar-refractivity contribution is -0.480. The van der Waals surface area contributed by atoms with Gasteiger partial charge in [0.2, 0.25) is 6.54 Å². The van der Waals surface area contributed by atoms with E-state index in [2.05, 4.69) is 0 Å². The van der Waals surface area contributed by atoms with Gasteiger partial charge < -0.3 is 5.11 Å². The molecule has 0 aliphatic heterocycles. The summed E-state index contributed by atoms with van der Waals surface area (Å²) < 4.78 is 0. The lowest BCUT2D eigenvalue weighted by atomic mass is 9.93. The maximum absolute atomic E-state index is 10.7. The Balaban J connectivity index is 2.71. The average Bonchev–Trinajstić information content (AvgIpc) is 2.25. The van der Waals surface area contributed by atoms with Crippen LogP contribution in [0.15, 0.2) is 30.3 Å². The third-order valence-corrected chi connectivity index (χ3v) is 2.35. The van der Waals surface area contributed by atoms with Crippen LogP contribution in [0.4, 0.5) is 0 Å². The molecule has 0 aliphatic carbocycles. The number of nitrogens with zero attached hydrogens (tertiary/aromatic N) is 1. The predicted molar refractivity (Wildman–Crippen MR) is 57.9 cm³/mol. The van der Waals surface area contributed by atoms with E-state index >= 15 is 0 Å². The number of carbonyl (C=O) groups is 1. The summed E-state index contributed by atoms with van der Waals surface area (Å²) >= 11 is 0. The molecule has 5 heteroatoms. The number of nitro groups is 1. The Morgan fingerprint density at radius 1 is 1.38 bits per heavy atom. The standard InChI is InChI=1S/C11H13NO4/c13-11(14)8-10(6-7-12(15)16)9-4-2-1-3-5-9/h1-5,10H,6-8H2,(H,13,14)/t10-/m0/s1. The molecule has 5 nitrogen and oxygen atoms in total. The normalized spacial score (nSPS) is 12.0. The predicted octanol–water partition coefficient (Wildman–Crippen LogP) is 1.91. The van der Waals surface area contributed by atoms with E-state index in [9.17, 15) is 14.9 Å². The van der Waals surface area contributed by atoms with Crippen molar-refractivity contribution in [2.45, 2.75) is 18.8 Å². The summed E-state index contributed by atoms with van der Waals surface area (Å²) in [5.41, 5.74) is 0.840. The Bertz CT molecular complexity index is 364. The highest BCUT2D eigenvalue weighted by Crippen LogP contribution is 2.23. The first-order valence-electron chi connectivity index (χ1n) is 4.98. The van der Waals surface area contributed by atoms with E-state index in [4.69, 9.17) is 5.11 Å². The van der Waals surface area contributed by atoms with Crippen LogP contribution >= 0.6 is 0 Å². The van der Waals surface area contributed by atoms with Gasteiger partial charge in [-0.15, -0.1) is 0 Å². The number of aliphatic carboxylic acids is 1. The topological polar surface area (TPSA) is 80.4 Å². The van der Waals surface area contributed by atoms with Crippen LogP contribution in [0.3, 0.4) is 0 Å². The number of carboxylic acid groups (broad SMARTS) is 1. The summed E-state index contributed by atoms with van der Waals surface area (Å²) in [7, 11) is 0. The summed E-state index contributed by atoms with van der Waals surface area (Å²) in [4.78, 5) is 20.5. The Labute approximate surface area is 92.9 Å². The molecule has 1 aromatic carbocycles. The molecule has 0 aromatic heterocycles. The Kier molecular flexibility index (Phi) is 4.44. The molecule has 0 amide bonds. The van der Waals surface area contributed by atoms with Crippen LogP contribution in [-0.4, -0.2) is 22.5 Å². The molecule has 0 saturated carbocycles. The van der Waals surface area contributed by atoms with E-state index in [0.29, 0.717) is 0 Å². The van der Waals surface area contributed by atoms with Gasteiger partial charge in [-0.2, -0.15) is 0 Å². The maximum Gasteiger partial charge on any atom is 0.303 e. The van der Waals surface area contributed by atoms with Gasteiger partial charge >= 0.3 is 5.97 Å². The minimum atomic E-state index is -0.933. The van der Waals surface area contributed by atoms with Crippen LogP contribution < -0.4 is 0 Å². The summed E-state index contributed by atoms with van der Waals surface area (Å²) in [6.07, 6.45) is 0.182. The Hall–Kier alpha value is -1.91. The zero-order chi connectivity index (χ0) is 12.0. The van der Waals surface area contributed by atoms with Gasteiger partial charge in [0.05, 0.1) is 6.42 Å². The fourth-order valence-electron chi connectivity index (χ4n) is 1.58. The van der Waals surface area contributed by atoms with Gasteiger partial charge in [0, 0.05) is 17.3 Å². The monoisotopic (exact) mass is 223 g/mol. The van der Waals surface area contributed by atoms with Crippen LogP contribution in [0.2, 0.25) is 0 Å². The molecule has 0 bridgehead atoms. The fourth-order valence-corrected chi connectivity index (χ4v) is 1.58. The molecule has 86 valence electrons. The van der Waals surface area contributed by atoms with Gasteiger partial charge in [0.15, 0.2) is 0 Å². The van der Waals surface area contributed by atoms with Crippen molar-refractivity contribution in [3.8, 4) is 0 Å². The molecule has 0 radical (unpaired) electrons. The largest absolute Gasteiger partial charge is 0.481 e. The molecule has 1 N–H and O–H groups in total. The Morgan fingerprint density at radius 3 is 2.50 bits per heavy atom. The molecular formula is C11H13NO4. The number of rotatable bonds is 6. The highest BCUT2D eigenvalue weighted by Gasteiger charge is 2.17. The zero-order valence-electron chi connectivity index (χ0n) is 8.70. The lowest BCUT2D eigenvalue weighted by Gasteiger charge is -2.12. The lowest BCUT2D eigenvalue weighted by Crippen LogP contribution is -2.11. The first-order chi connectivity index (χ1) is 7.59. The van der Waals surface area contributed by atoms with Crippen molar-refractivity contribution >= 4 is 5.97 Å². The summed E-state index contributed by atoms with van der Waals surface area (Å²) in [6, 6.07) is 9.03. The minimum Gasteiger partial charge on any atom is -0.481 e. The molecule has 1 aromatic rings. The first kappa shape index (κ1) is 12.2. The third kappa shape index (κ3) is 4.08. The van der Waals surface area contributed by atoms with E-state index in [1.165, 1.54) is 0 Å². The van der Waals surface area contributed by atoms with Gasteiger partial charge in [-0.25, -0.2) is 0 Å². The number of carboxylic acids is 1. The first-order valence-corrected chi connectivity index (χ1v) is 4.98. The molecule has 0 aliphatic rings. The van der Waals surface area contributed by atoms with Crippen molar-refractivity contribution < 1.29 is 14.8 Å². The van der Waals surface area contributed by atoms with Crippen LogP contribution in [0, 0.1) is 10.1 Å². The minimum absolute atomic E-state index is 0.0716. The second-order valence-corrected chi connectivity index (χ2v) is 3.55. The second kappa shape index (κ2) is 5.85. The summed E-state index contributed by atoms with van der Waals surface area (Å²) in [5, 5.41) is 19.0. The van der Waals surface area contributed by atoms with E-state index < -0.39 is 10.9 Å². The number of benzene rings is 1. The maximum atomic E-state index is 10.7. The molecule has 1 rings (SSSR count). The van der Waals surface area contributed by atoms with Crippen molar-refractivity contribution in [3.63, 3.8) is 0 Å². The van der Waals surface area contributed by atoms with Crippen molar-refractivity contribution in [1.82, 2.24) is 0 Å². The van der Waals surface area contributed by atoms with Crippen LogP contribution in [0.1, 0.15) is 24.3 Å². The van der Waals surface area contributed by atoms with E-state index in [1.54, 1.807) is 24.3 Å². The smallest absolute Gasteiger partial charge is 0.303 e. The molecule has 0 unspecified atom stereocenters. The van der Waals surface area contributed by atoms with Gasteiger partial charge in [-0.05, 0) is 5.56 Å². The molecule has 0 saturated heterocycles. The quantitative estimate of drug-likeness (QED) is 0.590. The molecule has 1 atom stereocenters. The van der Waals surface area contributed by atoms with E-state index in [1.807, 2.05) is 6.07 Å². The molecule has 0 spiro atoms. The summed E-state index contributed by atoms with van der Waals surface area (Å²) in [6.45, 7) is -0.202. The van der Waals surface area contributed by atoms with E-state index in [0.717, 1.165) is 5.56 Å². The van der Waals surface area contributed by atoms with Gasteiger partial charge in [0.25, 0.3) is 0 Å². The zero-order valence-corrected chi connectivity index (χ0v) is 8.70. The van der Waals surface area contributed by atoms with E-state index in [-0.39, 0.29) is 25.3 Å². The highest BCUT2D eigenvalue weighted by molar-refractivity contribution is 5.68. The molecule has 16 heavy (non-hydrogen) atoms. The third-order valence-electron chi connectivity index (χ3n) is 2.35. The summed E-state index contributed by atoms with van der Waals surface area (Å²) in [5.74, 6) is -1.22. The van der Waals surface area contributed by atoms with Crippen molar-refractivity contribution in [2.24, 2.45) is 0 Å². The van der Waals surface area contributed by atoms with Crippen molar-refractivity contribution in [3.05, 3.63) is 46.0 Å². The van der Waals surface area contributed by atoms with Crippen LogP contribution in [0.25, 0.3) is 0 Å². The van der Waals surface area contributed by atoms with Gasteiger partial charge in [-0.3, -0.25) is 14.9 Å². The second-order valence-electron chi connectivity index (χ2n) is 3.55. The highest BCUT2D eigenvalue weighted by atomic mass is 16.6. The Morgan fingerprint density at radius 2 is 2.00 bits per heavy atom. The van der Waals surface area contributed by atoms with Gasteiger partial charge in [-0.1, -0.05) is 30.3 Å². The fraction of sp³-hybridized carbons (Fsp3) is 0.364. The molecule has 0 fully saturated rings. The molecule has 0 heterocycles. The van der Waals surface area contributed by atoms with Crippen LogP contribution in [-0.2, 0) is 4.79 Å². The van der Waals surface area contributed by atoms with Crippen molar-refractivity contribution in [2.75, 3.05) is 6.54 Å². The SMILES string of the molecule is O=C(O)C[C@H](CC[N+](=O)[O-])c1ccccc1. The van der Waals surface area contributed by atoms with Gasteiger partial charge in [0.1, 0.15) is 0 Å². The number of hydrogen-bond acceptors (Lipinski definition) is 3. The van der Waals surface area contributed by atoms with Crippen molar-refractivity contribution in [1.29, 1.82) is 0 Å².